The summed E-state index contributed by atoms with van der Waals surface area (Å²) < 4.78 is 5.16. The van der Waals surface area contributed by atoms with Gasteiger partial charge in [-0.15, -0.1) is 0 Å². The van der Waals surface area contributed by atoms with Gasteiger partial charge >= 0.3 is 0 Å². The van der Waals surface area contributed by atoms with Crippen molar-refractivity contribution in [2.24, 2.45) is 0 Å². The summed E-state index contributed by atoms with van der Waals surface area (Å²) in [4.78, 5) is 27.9. The van der Waals surface area contributed by atoms with E-state index in [4.69, 9.17) is 4.74 Å². The summed E-state index contributed by atoms with van der Waals surface area (Å²) in [6.45, 7) is 2.98. The predicted molar refractivity (Wildman–Crippen MR) is 94.7 cm³/mol. The Morgan fingerprint density at radius 2 is 2.17 bits per heavy atom. The van der Waals surface area contributed by atoms with Gasteiger partial charge in [-0.25, -0.2) is 0 Å². The maximum absolute atomic E-state index is 12.4. The van der Waals surface area contributed by atoms with Crippen LogP contribution in [0.2, 0.25) is 0 Å². The summed E-state index contributed by atoms with van der Waals surface area (Å²) in [6.07, 6.45) is 6.47. The molecular formula is C19H26N2O3. The number of hydrogen-bond donors (Lipinski definition) is 0. The van der Waals surface area contributed by atoms with Gasteiger partial charge in [0.25, 0.3) is 0 Å². The second-order valence-electron chi connectivity index (χ2n) is 6.24. The van der Waals surface area contributed by atoms with Gasteiger partial charge in [-0.3, -0.25) is 9.59 Å². The fourth-order valence-electron chi connectivity index (χ4n) is 2.88. The molecule has 1 heterocycles. The fraction of sp³-hybridized carbons (Fsp3) is 0.474. The molecule has 130 valence electrons. The molecule has 1 fully saturated rings. The molecule has 0 aromatic heterocycles. The first kappa shape index (κ1) is 18.0. The SMILES string of the molecule is COc1cccc(/C=C/C(=O)N(C)CC(=O)N2CCCCC2C)c1. The molecule has 0 radical (unpaired) electrons. The number of amides is 2. The summed E-state index contributed by atoms with van der Waals surface area (Å²) in [6, 6.07) is 7.73. The minimum absolute atomic E-state index is 0.0211. The van der Waals surface area contributed by atoms with E-state index in [0.717, 1.165) is 30.7 Å². The van der Waals surface area contributed by atoms with E-state index in [1.165, 1.54) is 17.4 Å². The number of carbonyl (C=O) groups is 2. The van der Waals surface area contributed by atoms with Crippen molar-refractivity contribution in [1.82, 2.24) is 9.80 Å². The predicted octanol–water partition coefficient (Wildman–Crippen LogP) is 2.57. The summed E-state index contributed by atoms with van der Waals surface area (Å²) in [5, 5.41) is 0. The normalized spacial score (nSPS) is 17.8. The first-order valence-corrected chi connectivity index (χ1v) is 8.38. The Labute approximate surface area is 143 Å². The van der Waals surface area contributed by atoms with E-state index in [1.54, 1.807) is 20.2 Å². The third-order valence-electron chi connectivity index (χ3n) is 4.38. The largest absolute Gasteiger partial charge is 0.497 e. The molecule has 0 N–H and O–H groups in total. The van der Waals surface area contributed by atoms with E-state index in [1.807, 2.05) is 29.2 Å². The van der Waals surface area contributed by atoms with Gasteiger partial charge in [-0.1, -0.05) is 12.1 Å². The molecule has 0 bridgehead atoms. The molecule has 1 atom stereocenters. The number of piperidine rings is 1. The van der Waals surface area contributed by atoms with E-state index in [9.17, 15) is 9.59 Å². The van der Waals surface area contributed by atoms with Crippen LogP contribution in [-0.4, -0.2) is 54.9 Å². The van der Waals surface area contributed by atoms with Crippen molar-refractivity contribution in [2.75, 3.05) is 27.2 Å². The van der Waals surface area contributed by atoms with E-state index < -0.39 is 0 Å². The molecular weight excluding hydrogens is 304 g/mol. The highest BCUT2D eigenvalue weighted by Crippen LogP contribution is 2.17. The Bertz CT molecular complexity index is 612. The monoisotopic (exact) mass is 330 g/mol. The Balaban J connectivity index is 1.91. The van der Waals surface area contributed by atoms with Gasteiger partial charge in [0, 0.05) is 25.7 Å². The van der Waals surface area contributed by atoms with Crippen molar-refractivity contribution < 1.29 is 14.3 Å². The van der Waals surface area contributed by atoms with Gasteiger partial charge in [0.2, 0.25) is 11.8 Å². The molecule has 0 saturated carbocycles. The minimum atomic E-state index is -0.184. The lowest BCUT2D eigenvalue weighted by molar-refractivity contribution is -0.139. The molecule has 2 amide bonds. The Kier molecular flexibility index (Phi) is 6.41. The topological polar surface area (TPSA) is 49.9 Å². The summed E-state index contributed by atoms with van der Waals surface area (Å²) in [5.74, 6) is 0.580. The molecule has 1 aromatic carbocycles. The number of benzene rings is 1. The van der Waals surface area contributed by atoms with Crippen LogP contribution in [0, 0.1) is 0 Å². The van der Waals surface area contributed by atoms with E-state index in [2.05, 4.69) is 6.92 Å². The minimum Gasteiger partial charge on any atom is -0.497 e. The van der Waals surface area contributed by atoms with Gasteiger partial charge in [-0.05, 0) is 50.0 Å². The van der Waals surface area contributed by atoms with Crippen molar-refractivity contribution in [3.05, 3.63) is 35.9 Å². The number of methoxy groups -OCH3 is 1. The number of nitrogens with zero attached hydrogens (tertiary/aromatic N) is 2. The summed E-state index contributed by atoms with van der Waals surface area (Å²) >= 11 is 0. The average molecular weight is 330 g/mol. The van der Waals surface area contributed by atoms with Crippen LogP contribution in [-0.2, 0) is 9.59 Å². The van der Waals surface area contributed by atoms with Crippen LogP contribution < -0.4 is 4.74 Å². The maximum Gasteiger partial charge on any atom is 0.246 e. The molecule has 0 spiro atoms. The van der Waals surface area contributed by atoms with Crippen LogP contribution in [0.4, 0.5) is 0 Å². The number of likely N-dealkylation sites (N-methyl/N-ethyl adjacent to an activating group) is 1. The third kappa shape index (κ3) is 4.85. The van der Waals surface area contributed by atoms with Gasteiger partial charge in [-0.2, -0.15) is 0 Å². The van der Waals surface area contributed by atoms with Crippen molar-refractivity contribution in [3.63, 3.8) is 0 Å². The van der Waals surface area contributed by atoms with Gasteiger partial charge in [0.05, 0.1) is 13.7 Å². The number of rotatable bonds is 5. The lowest BCUT2D eigenvalue weighted by Gasteiger charge is -2.34. The molecule has 1 saturated heterocycles. The fourth-order valence-corrected chi connectivity index (χ4v) is 2.88. The quantitative estimate of drug-likeness (QED) is 0.780. The molecule has 2 rings (SSSR count). The zero-order chi connectivity index (χ0) is 17.5. The first-order valence-electron chi connectivity index (χ1n) is 8.38. The summed E-state index contributed by atoms with van der Waals surface area (Å²) in [7, 11) is 3.26. The van der Waals surface area contributed by atoms with Crippen molar-refractivity contribution in [2.45, 2.75) is 32.2 Å². The number of hydrogen-bond acceptors (Lipinski definition) is 3. The number of ether oxygens (including phenoxy) is 1. The summed E-state index contributed by atoms with van der Waals surface area (Å²) in [5.41, 5.74) is 0.882. The smallest absolute Gasteiger partial charge is 0.246 e. The molecule has 5 nitrogen and oxygen atoms in total. The van der Waals surface area contributed by atoms with E-state index in [-0.39, 0.29) is 24.4 Å². The maximum atomic E-state index is 12.4. The van der Waals surface area contributed by atoms with Crippen LogP contribution in [0.25, 0.3) is 6.08 Å². The zero-order valence-corrected chi connectivity index (χ0v) is 14.7. The Morgan fingerprint density at radius 3 is 2.88 bits per heavy atom. The van der Waals surface area contributed by atoms with Crippen LogP contribution in [0.15, 0.2) is 30.3 Å². The molecule has 5 heteroatoms. The zero-order valence-electron chi connectivity index (χ0n) is 14.7. The second-order valence-corrected chi connectivity index (χ2v) is 6.24. The van der Waals surface area contributed by atoms with Gasteiger partial charge < -0.3 is 14.5 Å². The Morgan fingerprint density at radius 1 is 1.38 bits per heavy atom. The number of likely N-dealkylation sites (tertiary alicyclic amines) is 1. The van der Waals surface area contributed by atoms with Crippen molar-refractivity contribution in [1.29, 1.82) is 0 Å². The Hall–Kier alpha value is -2.30. The van der Waals surface area contributed by atoms with Crippen LogP contribution in [0.1, 0.15) is 31.7 Å². The molecule has 1 unspecified atom stereocenters. The molecule has 0 aliphatic carbocycles. The highest BCUT2D eigenvalue weighted by Gasteiger charge is 2.24. The van der Waals surface area contributed by atoms with Crippen molar-refractivity contribution in [3.8, 4) is 5.75 Å². The van der Waals surface area contributed by atoms with Gasteiger partial charge in [0.15, 0.2) is 0 Å². The van der Waals surface area contributed by atoms with E-state index in [0.29, 0.717) is 0 Å². The van der Waals surface area contributed by atoms with Gasteiger partial charge in [0.1, 0.15) is 5.75 Å². The third-order valence-corrected chi connectivity index (χ3v) is 4.38. The first-order chi connectivity index (χ1) is 11.5. The highest BCUT2D eigenvalue weighted by molar-refractivity contribution is 5.94. The van der Waals surface area contributed by atoms with Crippen LogP contribution in [0.3, 0.4) is 0 Å². The molecule has 1 aliphatic rings. The average Bonchev–Trinajstić information content (AvgIpc) is 2.60. The highest BCUT2D eigenvalue weighted by atomic mass is 16.5. The van der Waals surface area contributed by atoms with E-state index >= 15 is 0 Å². The van der Waals surface area contributed by atoms with Crippen LogP contribution in [0.5, 0.6) is 5.75 Å². The molecule has 24 heavy (non-hydrogen) atoms. The van der Waals surface area contributed by atoms with Crippen molar-refractivity contribution >= 4 is 17.9 Å². The molecule has 1 aliphatic heterocycles. The lowest BCUT2D eigenvalue weighted by atomic mass is 10.0. The molecule has 1 aromatic rings. The standard InChI is InChI=1S/C19H26N2O3/c1-15-7-4-5-12-21(15)19(23)14-20(2)18(22)11-10-16-8-6-9-17(13-16)24-3/h6,8-11,13,15H,4-5,7,12,14H2,1-3H3/b11-10+. The lowest BCUT2D eigenvalue weighted by Crippen LogP contribution is -2.47. The second kappa shape index (κ2) is 8.52. The number of carbonyl (C=O) groups excluding carboxylic acids is 2. The van der Waals surface area contributed by atoms with Crippen LogP contribution >= 0.6 is 0 Å².